The molecule has 1 aliphatic rings. The lowest BCUT2D eigenvalue weighted by Crippen LogP contribution is -2.38. The number of rotatable bonds is 10. The first-order chi connectivity index (χ1) is 15.3. The van der Waals surface area contributed by atoms with Crippen LogP contribution in [0, 0.1) is 13.8 Å². The zero-order valence-corrected chi connectivity index (χ0v) is 21.0. The number of carbonyl (C=O) groups excluding carboxylic acids is 1. The molecule has 2 heterocycles. The lowest BCUT2D eigenvalue weighted by molar-refractivity contribution is 0.102. The van der Waals surface area contributed by atoms with Crippen LogP contribution in [0.1, 0.15) is 53.8 Å². The van der Waals surface area contributed by atoms with Gasteiger partial charge in [-0.05, 0) is 44.9 Å². The van der Waals surface area contributed by atoms with Crippen LogP contribution in [-0.2, 0) is 21.3 Å². The van der Waals surface area contributed by atoms with Gasteiger partial charge in [0, 0.05) is 49.9 Å². The van der Waals surface area contributed by atoms with Gasteiger partial charge in [0.25, 0.3) is 0 Å². The van der Waals surface area contributed by atoms with E-state index >= 15 is 0 Å². The van der Waals surface area contributed by atoms with Gasteiger partial charge in [-0.3, -0.25) is 4.79 Å². The van der Waals surface area contributed by atoms with Crippen molar-refractivity contribution in [3.8, 4) is 0 Å². The van der Waals surface area contributed by atoms with Crippen LogP contribution < -0.4 is 0 Å². The third kappa shape index (κ3) is 5.62. The van der Waals surface area contributed by atoms with E-state index in [1.807, 2.05) is 19.9 Å². The number of thioether (sulfide) groups is 1. The number of ether oxygens (including phenoxy) is 1. The van der Waals surface area contributed by atoms with Gasteiger partial charge >= 0.3 is 0 Å². The van der Waals surface area contributed by atoms with E-state index in [9.17, 15) is 13.2 Å². The SMILES string of the molecule is COCCn1c(C)cc(C(=O)CSc2ccc(S(=O)(=O)N(C)C3CCCCC3)cn2)c1C. The predicted molar refractivity (Wildman–Crippen MR) is 127 cm³/mol. The minimum atomic E-state index is -3.56. The Kier molecular flexibility index (Phi) is 8.55. The number of methoxy groups -OCH3 is 1. The summed E-state index contributed by atoms with van der Waals surface area (Å²) >= 11 is 1.32. The molecule has 0 atom stereocenters. The van der Waals surface area contributed by atoms with E-state index in [2.05, 4.69) is 9.55 Å². The van der Waals surface area contributed by atoms with E-state index < -0.39 is 10.0 Å². The number of Topliss-reactive ketones (excluding diaryl/α,β-unsaturated/α-hetero) is 1. The van der Waals surface area contributed by atoms with Crippen molar-refractivity contribution in [3.63, 3.8) is 0 Å². The third-order valence-corrected chi connectivity index (χ3v) is 9.06. The molecule has 9 heteroatoms. The van der Waals surface area contributed by atoms with Crippen LogP contribution in [0.5, 0.6) is 0 Å². The Bertz CT molecular complexity index is 1030. The van der Waals surface area contributed by atoms with Gasteiger partial charge in [0.15, 0.2) is 5.78 Å². The number of aryl methyl sites for hydroxylation is 1. The highest BCUT2D eigenvalue weighted by atomic mass is 32.2. The zero-order chi connectivity index (χ0) is 23.3. The number of hydrogen-bond donors (Lipinski definition) is 0. The molecular weight excluding hydrogens is 446 g/mol. The first-order valence-corrected chi connectivity index (χ1v) is 13.4. The minimum absolute atomic E-state index is 0.0299. The van der Waals surface area contributed by atoms with Crippen molar-refractivity contribution in [1.29, 1.82) is 0 Å². The highest BCUT2D eigenvalue weighted by Crippen LogP contribution is 2.27. The molecule has 0 spiro atoms. The quantitative estimate of drug-likeness (QED) is 0.377. The van der Waals surface area contributed by atoms with Crippen molar-refractivity contribution >= 4 is 27.6 Å². The van der Waals surface area contributed by atoms with Crippen LogP contribution in [0.15, 0.2) is 34.3 Å². The topological polar surface area (TPSA) is 81.5 Å². The van der Waals surface area contributed by atoms with E-state index in [4.69, 9.17) is 4.74 Å². The van der Waals surface area contributed by atoms with Crippen LogP contribution in [0.2, 0.25) is 0 Å². The molecule has 3 rings (SSSR count). The molecule has 0 amide bonds. The van der Waals surface area contributed by atoms with Gasteiger partial charge in [-0.15, -0.1) is 0 Å². The van der Waals surface area contributed by atoms with Gasteiger partial charge in [-0.1, -0.05) is 31.0 Å². The summed E-state index contributed by atoms with van der Waals surface area (Å²) in [5, 5.41) is 0.630. The van der Waals surface area contributed by atoms with Crippen molar-refractivity contribution in [2.24, 2.45) is 0 Å². The largest absolute Gasteiger partial charge is 0.383 e. The maximum Gasteiger partial charge on any atom is 0.244 e. The van der Waals surface area contributed by atoms with Gasteiger partial charge < -0.3 is 9.30 Å². The predicted octanol–water partition coefficient (Wildman–Crippen LogP) is 4.07. The molecule has 1 saturated carbocycles. The molecule has 0 aliphatic heterocycles. The molecular formula is C23H33N3O4S2. The Hall–Kier alpha value is -1.68. The summed E-state index contributed by atoms with van der Waals surface area (Å²) in [5.74, 6) is 0.276. The van der Waals surface area contributed by atoms with Crippen LogP contribution in [-0.4, -0.2) is 60.6 Å². The average molecular weight is 480 g/mol. The van der Waals surface area contributed by atoms with Crippen LogP contribution in [0.4, 0.5) is 0 Å². The highest BCUT2D eigenvalue weighted by Gasteiger charge is 2.29. The number of sulfonamides is 1. The zero-order valence-electron chi connectivity index (χ0n) is 19.3. The number of ketones is 1. The standard InChI is InChI=1S/C23H33N3O4S2/c1-17-14-21(18(2)26(17)12-13-30-4)22(27)16-31-23-11-10-20(15-24-23)32(28,29)25(3)19-8-6-5-7-9-19/h10-11,14-15,19H,5-9,12-13,16H2,1-4H3. The minimum Gasteiger partial charge on any atom is -0.383 e. The number of aromatic nitrogens is 2. The second-order valence-corrected chi connectivity index (χ2v) is 11.3. The summed E-state index contributed by atoms with van der Waals surface area (Å²) in [4.78, 5) is 17.3. The first kappa shape index (κ1) is 25.0. The molecule has 1 aliphatic carbocycles. The van der Waals surface area contributed by atoms with Gasteiger partial charge in [0.05, 0.1) is 17.4 Å². The van der Waals surface area contributed by atoms with Gasteiger partial charge in [0.1, 0.15) is 4.90 Å². The fraction of sp³-hybridized carbons (Fsp3) is 0.565. The Labute approximate surface area is 195 Å². The Morgan fingerprint density at radius 3 is 2.59 bits per heavy atom. The maximum atomic E-state index is 13.0. The van der Waals surface area contributed by atoms with Crippen molar-refractivity contribution in [3.05, 3.63) is 41.3 Å². The summed E-state index contributed by atoms with van der Waals surface area (Å²) in [6.07, 6.45) is 6.53. The lowest BCUT2D eigenvalue weighted by atomic mass is 9.96. The smallest absolute Gasteiger partial charge is 0.244 e. The third-order valence-electron chi connectivity index (χ3n) is 6.22. The molecule has 176 valence electrons. The highest BCUT2D eigenvalue weighted by molar-refractivity contribution is 7.99. The van der Waals surface area contributed by atoms with Crippen LogP contribution in [0.25, 0.3) is 0 Å². The number of pyridine rings is 1. The Morgan fingerprint density at radius 2 is 1.97 bits per heavy atom. The fourth-order valence-electron chi connectivity index (χ4n) is 4.24. The molecule has 0 N–H and O–H groups in total. The van der Waals surface area contributed by atoms with E-state index in [1.54, 1.807) is 26.3 Å². The Balaban J connectivity index is 1.63. The van der Waals surface area contributed by atoms with E-state index in [0.29, 0.717) is 23.7 Å². The molecule has 32 heavy (non-hydrogen) atoms. The summed E-state index contributed by atoms with van der Waals surface area (Å²) < 4.78 is 34.6. The second-order valence-electron chi connectivity index (χ2n) is 8.29. The second kappa shape index (κ2) is 11.0. The average Bonchev–Trinajstić information content (AvgIpc) is 3.09. The van der Waals surface area contributed by atoms with E-state index in [0.717, 1.165) is 37.1 Å². The van der Waals surface area contributed by atoms with Crippen molar-refractivity contribution in [2.75, 3.05) is 26.5 Å². The molecule has 0 radical (unpaired) electrons. The molecule has 0 unspecified atom stereocenters. The van der Waals surface area contributed by atoms with E-state index in [-0.39, 0.29) is 22.5 Å². The molecule has 2 aromatic heterocycles. The van der Waals surface area contributed by atoms with Crippen molar-refractivity contribution in [1.82, 2.24) is 13.9 Å². The maximum absolute atomic E-state index is 13.0. The molecule has 0 bridgehead atoms. The molecule has 1 fully saturated rings. The lowest BCUT2D eigenvalue weighted by Gasteiger charge is -2.30. The van der Waals surface area contributed by atoms with Gasteiger partial charge in [0.2, 0.25) is 10.0 Å². The van der Waals surface area contributed by atoms with E-state index in [1.165, 1.54) is 28.7 Å². The Morgan fingerprint density at radius 1 is 1.25 bits per heavy atom. The van der Waals surface area contributed by atoms with Crippen molar-refractivity contribution < 1.29 is 17.9 Å². The molecule has 0 saturated heterocycles. The van der Waals surface area contributed by atoms with Gasteiger partial charge in [-0.2, -0.15) is 4.31 Å². The number of hydrogen-bond acceptors (Lipinski definition) is 6. The summed E-state index contributed by atoms with van der Waals surface area (Å²) in [7, 11) is -0.240. The molecule has 0 aromatic carbocycles. The fourth-order valence-corrected chi connectivity index (χ4v) is 6.33. The van der Waals surface area contributed by atoms with Crippen LogP contribution in [0.3, 0.4) is 0 Å². The molecule has 7 nitrogen and oxygen atoms in total. The normalized spacial score (nSPS) is 15.4. The summed E-state index contributed by atoms with van der Waals surface area (Å²) in [5.41, 5.74) is 2.67. The van der Waals surface area contributed by atoms with Crippen molar-refractivity contribution in [2.45, 2.75) is 68.5 Å². The van der Waals surface area contributed by atoms with Gasteiger partial charge in [-0.25, -0.2) is 13.4 Å². The number of nitrogens with zero attached hydrogens (tertiary/aromatic N) is 3. The monoisotopic (exact) mass is 479 g/mol. The van der Waals surface area contributed by atoms with Crippen LogP contribution >= 0.6 is 11.8 Å². The summed E-state index contributed by atoms with van der Waals surface area (Å²) in [6.45, 7) is 5.23. The number of carbonyl (C=O) groups is 1. The first-order valence-electron chi connectivity index (χ1n) is 11.0. The summed E-state index contributed by atoms with van der Waals surface area (Å²) in [6, 6.07) is 5.24. The molecule has 2 aromatic rings.